The van der Waals surface area contributed by atoms with E-state index in [2.05, 4.69) is 32.9 Å². The average molecular weight is 397 g/mol. The lowest BCUT2D eigenvalue weighted by Gasteiger charge is -2.37. The van der Waals surface area contributed by atoms with E-state index in [0.717, 1.165) is 32.7 Å². The molecule has 28 heavy (non-hydrogen) atoms. The third-order valence-corrected chi connectivity index (χ3v) is 4.97. The molecule has 0 heterocycles. The zero-order valence-electron chi connectivity index (χ0n) is 20.2. The summed E-state index contributed by atoms with van der Waals surface area (Å²) in [4.78, 5) is 0. The second-order valence-electron chi connectivity index (χ2n) is 8.36. The van der Waals surface area contributed by atoms with Crippen molar-refractivity contribution in [2.24, 2.45) is 11.3 Å². The van der Waals surface area contributed by atoms with Crippen molar-refractivity contribution in [3.63, 3.8) is 0 Å². The minimum atomic E-state index is -0.692. The summed E-state index contributed by atoms with van der Waals surface area (Å²) in [6.07, 6.45) is 3.50. The van der Waals surface area contributed by atoms with E-state index in [0.29, 0.717) is 12.5 Å². The van der Waals surface area contributed by atoms with E-state index in [1.54, 1.807) is 0 Å². The molecule has 0 aliphatic rings. The van der Waals surface area contributed by atoms with Crippen LogP contribution in [0.1, 0.15) is 87.1 Å². The second kappa shape index (κ2) is 17.0. The number of ether oxygens (including phenoxy) is 2. The zero-order chi connectivity index (χ0) is 22.1. The second-order valence-corrected chi connectivity index (χ2v) is 8.36. The molecule has 1 N–H and O–H groups in total. The standard InChI is InChI=1S/C12H26O2.C11H16O.C2H6/c1-7-10(2)8-14-9-11(3,4)12(5,6)13;1-2-3-9-12-10-11-7-5-4-6-8-11;1-2/h10,13H,7-9H2,1-6H3;4-8H,2-3,9-10H2,1H3;1-2H3. The van der Waals surface area contributed by atoms with E-state index in [1.807, 2.05) is 59.7 Å². The van der Waals surface area contributed by atoms with E-state index < -0.39 is 5.60 Å². The number of hydrogen-bond acceptors (Lipinski definition) is 3. The minimum absolute atomic E-state index is 0.194. The third kappa shape index (κ3) is 15.1. The largest absolute Gasteiger partial charge is 0.390 e. The Labute approximate surface area is 175 Å². The van der Waals surface area contributed by atoms with Crippen LogP contribution in [0.15, 0.2) is 30.3 Å². The van der Waals surface area contributed by atoms with Crippen LogP contribution in [0, 0.1) is 11.3 Å². The van der Waals surface area contributed by atoms with Gasteiger partial charge in [-0.3, -0.25) is 0 Å². The Kier molecular flexibility index (Phi) is 17.8. The molecule has 1 unspecified atom stereocenters. The Bertz CT molecular complexity index is 435. The van der Waals surface area contributed by atoms with Crippen molar-refractivity contribution in [1.82, 2.24) is 0 Å². The smallest absolute Gasteiger partial charge is 0.0716 e. The van der Waals surface area contributed by atoms with Crippen molar-refractivity contribution in [3.05, 3.63) is 35.9 Å². The molecule has 0 amide bonds. The van der Waals surface area contributed by atoms with E-state index in [9.17, 15) is 5.11 Å². The molecule has 0 saturated carbocycles. The summed E-state index contributed by atoms with van der Waals surface area (Å²) >= 11 is 0. The summed E-state index contributed by atoms with van der Waals surface area (Å²) in [5.74, 6) is 0.604. The van der Waals surface area contributed by atoms with Crippen LogP contribution in [-0.4, -0.2) is 30.5 Å². The molecule has 0 aliphatic carbocycles. The van der Waals surface area contributed by atoms with Crippen molar-refractivity contribution in [1.29, 1.82) is 0 Å². The maximum absolute atomic E-state index is 9.89. The highest BCUT2D eigenvalue weighted by molar-refractivity contribution is 5.13. The van der Waals surface area contributed by atoms with Gasteiger partial charge in [0.15, 0.2) is 0 Å². The lowest BCUT2D eigenvalue weighted by Crippen LogP contribution is -2.42. The van der Waals surface area contributed by atoms with Gasteiger partial charge in [0.2, 0.25) is 0 Å². The Hall–Kier alpha value is -0.900. The first-order valence-electron chi connectivity index (χ1n) is 11.1. The van der Waals surface area contributed by atoms with Crippen LogP contribution in [0.2, 0.25) is 0 Å². The fourth-order valence-corrected chi connectivity index (χ4v) is 1.82. The van der Waals surface area contributed by atoms with Gasteiger partial charge in [-0.05, 0) is 31.7 Å². The predicted octanol–water partition coefficient (Wildman–Crippen LogP) is 6.88. The zero-order valence-corrected chi connectivity index (χ0v) is 20.2. The van der Waals surface area contributed by atoms with Crippen LogP contribution in [0.3, 0.4) is 0 Å². The minimum Gasteiger partial charge on any atom is -0.390 e. The average Bonchev–Trinajstić information content (AvgIpc) is 2.67. The molecule has 1 aromatic carbocycles. The Morgan fingerprint density at radius 2 is 1.54 bits per heavy atom. The SMILES string of the molecule is CC.CCC(C)COCC(C)(C)C(C)(C)O.CCCCOCc1ccccc1. The first kappa shape index (κ1) is 29.3. The van der Waals surface area contributed by atoms with Crippen LogP contribution < -0.4 is 0 Å². The topological polar surface area (TPSA) is 38.7 Å². The fourth-order valence-electron chi connectivity index (χ4n) is 1.82. The lowest BCUT2D eigenvalue weighted by molar-refractivity contribution is -0.0841. The van der Waals surface area contributed by atoms with Gasteiger partial charge in [0.25, 0.3) is 0 Å². The van der Waals surface area contributed by atoms with E-state index >= 15 is 0 Å². The first-order valence-corrected chi connectivity index (χ1v) is 11.1. The van der Waals surface area contributed by atoms with Crippen LogP contribution in [-0.2, 0) is 16.1 Å². The van der Waals surface area contributed by atoms with Crippen LogP contribution >= 0.6 is 0 Å². The van der Waals surface area contributed by atoms with Gasteiger partial charge >= 0.3 is 0 Å². The van der Waals surface area contributed by atoms with E-state index in [4.69, 9.17) is 9.47 Å². The van der Waals surface area contributed by atoms with Gasteiger partial charge in [-0.1, -0.05) is 91.6 Å². The maximum atomic E-state index is 9.89. The molecule has 0 bridgehead atoms. The Morgan fingerprint density at radius 3 is 2.00 bits per heavy atom. The molecule has 166 valence electrons. The van der Waals surface area contributed by atoms with E-state index in [-0.39, 0.29) is 5.41 Å². The normalized spacial score (nSPS) is 12.4. The van der Waals surface area contributed by atoms with Crippen molar-refractivity contribution < 1.29 is 14.6 Å². The fraction of sp³-hybridized carbons (Fsp3) is 0.760. The maximum Gasteiger partial charge on any atom is 0.0716 e. The molecule has 1 aromatic rings. The summed E-state index contributed by atoms with van der Waals surface area (Å²) in [6, 6.07) is 10.3. The Balaban J connectivity index is 0. The molecule has 0 saturated heterocycles. The monoisotopic (exact) mass is 396 g/mol. The first-order chi connectivity index (χ1) is 13.1. The van der Waals surface area contributed by atoms with Crippen molar-refractivity contribution >= 4 is 0 Å². The third-order valence-electron chi connectivity index (χ3n) is 4.97. The number of rotatable bonds is 11. The van der Waals surface area contributed by atoms with Gasteiger partial charge < -0.3 is 14.6 Å². The van der Waals surface area contributed by atoms with Crippen molar-refractivity contribution in [2.75, 3.05) is 19.8 Å². The Morgan fingerprint density at radius 1 is 0.964 bits per heavy atom. The van der Waals surface area contributed by atoms with Crippen molar-refractivity contribution in [2.45, 2.75) is 93.8 Å². The molecule has 0 radical (unpaired) electrons. The van der Waals surface area contributed by atoms with Gasteiger partial charge in [0, 0.05) is 18.6 Å². The van der Waals surface area contributed by atoms with E-state index in [1.165, 1.54) is 12.0 Å². The predicted molar refractivity (Wildman–Crippen MR) is 123 cm³/mol. The highest BCUT2D eigenvalue weighted by Gasteiger charge is 2.35. The summed E-state index contributed by atoms with van der Waals surface area (Å²) < 4.78 is 11.1. The molecule has 0 aliphatic heterocycles. The summed E-state index contributed by atoms with van der Waals surface area (Å²) in [5.41, 5.74) is 0.372. The summed E-state index contributed by atoms with van der Waals surface area (Å²) in [6.45, 7) is 21.3. The number of unbranched alkanes of at least 4 members (excludes halogenated alkanes) is 1. The molecule has 3 nitrogen and oxygen atoms in total. The molecule has 1 rings (SSSR count). The van der Waals surface area contributed by atoms with Crippen molar-refractivity contribution in [3.8, 4) is 0 Å². The molecule has 0 aromatic heterocycles. The van der Waals surface area contributed by atoms with Crippen LogP contribution in [0.25, 0.3) is 0 Å². The quantitative estimate of drug-likeness (QED) is 0.414. The van der Waals surface area contributed by atoms with Gasteiger partial charge in [0.05, 0.1) is 18.8 Å². The molecular formula is C25H48O3. The molecule has 3 heteroatoms. The number of benzene rings is 1. The summed E-state index contributed by atoms with van der Waals surface area (Å²) in [7, 11) is 0. The highest BCUT2D eigenvalue weighted by atomic mass is 16.5. The molecule has 0 spiro atoms. The molecular weight excluding hydrogens is 348 g/mol. The molecule has 1 atom stereocenters. The lowest BCUT2D eigenvalue weighted by atomic mass is 9.78. The number of aliphatic hydroxyl groups is 1. The van der Waals surface area contributed by atoms with Crippen LogP contribution in [0.4, 0.5) is 0 Å². The van der Waals surface area contributed by atoms with Gasteiger partial charge in [-0.15, -0.1) is 0 Å². The summed E-state index contributed by atoms with van der Waals surface area (Å²) in [5, 5.41) is 9.89. The highest BCUT2D eigenvalue weighted by Crippen LogP contribution is 2.30. The number of hydrogen-bond donors (Lipinski definition) is 1. The van der Waals surface area contributed by atoms with Gasteiger partial charge in [-0.25, -0.2) is 0 Å². The van der Waals surface area contributed by atoms with Gasteiger partial charge in [-0.2, -0.15) is 0 Å². The molecule has 0 fully saturated rings. The van der Waals surface area contributed by atoms with Crippen LogP contribution in [0.5, 0.6) is 0 Å². The van der Waals surface area contributed by atoms with Gasteiger partial charge in [0.1, 0.15) is 0 Å².